The van der Waals surface area contributed by atoms with Gasteiger partial charge in [-0.25, -0.2) is 0 Å². The number of ketones is 1. The summed E-state index contributed by atoms with van der Waals surface area (Å²) in [6, 6.07) is 19.5. The van der Waals surface area contributed by atoms with E-state index in [0.717, 1.165) is 22.3 Å². The Morgan fingerprint density at radius 3 is 2.50 bits per heavy atom. The van der Waals surface area contributed by atoms with Crippen LogP contribution in [0.25, 0.3) is 11.1 Å². The van der Waals surface area contributed by atoms with Gasteiger partial charge < -0.3 is 4.74 Å². The fourth-order valence-electron chi connectivity index (χ4n) is 2.99. The lowest BCUT2D eigenvalue weighted by Crippen LogP contribution is -2.07. The van der Waals surface area contributed by atoms with Gasteiger partial charge in [-0.05, 0) is 46.5 Å². The highest BCUT2D eigenvalue weighted by atomic mass is 16.5. The molecule has 0 fully saturated rings. The molecule has 4 rings (SSSR count). The van der Waals surface area contributed by atoms with Crippen LogP contribution in [0.5, 0.6) is 5.75 Å². The summed E-state index contributed by atoms with van der Waals surface area (Å²) in [5.74, 6) is 0.565. The van der Waals surface area contributed by atoms with E-state index in [4.69, 9.17) is 4.74 Å². The van der Waals surface area contributed by atoms with E-state index >= 15 is 0 Å². The molecular weight excluding hydrogens is 350 g/mol. The standard InChI is InChI=1S/C23H19N3O2/c27-22(12-18-14-25-26-15-18)21-13-20(19-8-10-24-11-9-19)6-7-23(21)28-16-17-4-2-1-3-5-17/h1-11,13-15H,12,16H2,(H,25,26). The Bertz CT molecular complexity index is 1050. The molecule has 0 atom stereocenters. The molecule has 0 amide bonds. The molecule has 2 aromatic heterocycles. The number of hydrogen-bond acceptors (Lipinski definition) is 4. The Morgan fingerprint density at radius 1 is 0.929 bits per heavy atom. The van der Waals surface area contributed by atoms with Crippen LogP contribution in [0.2, 0.25) is 0 Å². The third-order valence-corrected chi connectivity index (χ3v) is 4.45. The van der Waals surface area contributed by atoms with Gasteiger partial charge in [-0.3, -0.25) is 14.9 Å². The summed E-state index contributed by atoms with van der Waals surface area (Å²) in [6.07, 6.45) is 7.13. The Kier molecular flexibility index (Phi) is 5.24. The molecule has 0 spiro atoms. The van der Waals surface area contributed by atoms with Gasteiger partial charge in [-0.15, -0.1) is 0 Å². The molecule has 4 aromatic rings. The predicted octanol–water partition coefficient (Wildman–Crippen LogP) is 4.48. The molecule has 0 aliphatic heterocycles. The van der Waals surface area contributed by atoms with Gasteiger partial charge in [0.1, 0.15) is 12.4 Å². The molecular formula is C23H19N3O2. The van der Waals surface area contributed by atoms with Gasteiger partial charge in [0.2, 0.25) is 0 Å². The molecule has 2 aromatic carbocycles. The Balaban J connectivity index is 1.64. The summed E-state index contributed by atoms with van der Waals surface area (Å²) in [5, 5.41) is 6.66. The van der Waals surface area contributed by atoms with Crippen molar-refractivity contribution in [1.82, 2.24) is 15.2 Å². The van der Waals surface area contributed by atoms with Crippen molar-refractivity contribution in [2.75, 3.05) is 0 Å². The molecule has 0 saturated heterocycles. The molecule has 138 valence electrons. The minimum absolute atomic E-state index is 0.0135. The number of rotatable bonds is 7. The maximum Gasteiger partial charge on any atom is 0.171 e. The second-order valence-electron chi connectivity index (χ2n) is 6.43. The largest absolute Gasteiger partial charge is 0.488 e. The van der Waals surface area contributed by atoms with Crippen LogP contribution >= 0.6 is 0 Å². The molecule has 28 heavy (non-hydrogen) atoms. The maximum absolute atomic E-state index is 13.0. The molecule has 0 saturated carbocycles. The molecule has 5 nitrogen and oxygen atoms in total. The fraction of sp³-hybridized carbons (Fsp3) is 0.0870. The highest BCUT2D eigenvalue weighted by Gasteiger charge is 2.16. The highest BCUT2D eigenvalue weighted by molar-refractivity contribution is 6.01. The van der Waals surface area contributed by atoms with Gasteiger partial charge in [0.05, 0.1) is 11.8 Å². The van der Waals surface area contributed by atoms with E-state index in [9.17, 15) is 4.79 Å². The third-order valence-electron chi connectivity index (χ3n) is 4.45. The van der Waals surface area contributed by atoms with Gasteiger partial charge in [0, 0.05) is 25.0 Å². The van der Waals surface area contributed by atoms with Crippen LogP contribution in [0.3, 0.4) is 0 Å². The van der Waals surface area contributed by atoms with Crippen LogP contribution < -0.4 is 4.74 Å². The molecule has 0 aliphatic rings. The van der Waals surface area contributed by atoms with Crippen molar-refractivity contribution in [2.24, 2.45) is 0 Å². The molecule has 0 unspecified atom stereocenters. The zero-order valence-corrected chi connectivity index (χ0v) is 15.2. The molecule has 0 bridgehead atoms. The molecule has 5 heteroatoms. The minimum atomic E-state index is -0.0135. The number of pyridine rings is 1. The van der Waals surface area contributed by atoms with Crippen molar-refractivity contribution in [3.8, 4) is 16.9 Å². The van der Waals surface area contributed by atoms with E-state index in [-0.39, 0.29) is 12.2 Å². The van der Waals surface area contributed by atoms with Crippen LogP contribution in [0.4, 0.5) is 0 Å². The van der Waals surface area contributed by atoms with E-state index in [1.54, 1.807) is 24.8 Å². The quantitative estimate of drug-likeness (QED) is 0.488. The van der Waals surface area contributed by atoms with E-state index in [0.29, 0.717) is 17.9 Å². The van der Waals surface area contributed by atoms with Crippen LogP contribution in [0.15, 0.2) is 85.5 Å². The number of benzene rings is 2. The van der Waals surface area contributed by atoms with E-state index in [2.05, 4.69) is 15.2 Å². The summed E-state index contributed by atoms with van der Waals surface area (Å²) < 4.78 is 6.00. The normalized spacial score (nSPS) is 10.6. The van der Waals surface area contributed by atoms with Crippen molar-refractivity contribution in [3.63, 3.8) is 0 Å². The fourth-order valence-corrected chi connectivity index (χ4v) is 2.99. The summed E-state index contributed by atoms with van der Waals surface area (Å²) in [6.45, 7) is 0.404. The average molecular weight is 369 g/mol. The van der Waals surface area contributed by atoms with E-state index < -0.39 is 0 Å². The monoisotopic (exact) mass is 369 g/mol. The highest BCUT2D eigenvalue weighted by Crippen LogP contribution is 2.28. The zero-order chi connectivity index (χ0) is 19.2. The third kappa shape index (κ3) is 4.15. The first-order valence-corrected chi connectivity index (χ1v) is 9.01. The number of aromatic amines is 1. The first-order valence-electron chi connectivity index (χ1n) is 9.01. The van der Waals surface area contributed by atoms with E-state index in [1.165, 1.54) is 0 Å². The van der Waals surface area contributed by atoms with E-state index in [1.807, 2.05) is 60.7 Å². The lowest BCUT2D eigenvalue weighted by Gasteiger charge is -2.13. The number of Topliss-reactive ketones (excluding diaryl/α,β-unsaturated/α-hetero) is 1. The zero-order valence-electron chi connectivity index (χ0n) is 15.2. The van der Waals surface area contributed by atoms with Crippen LogP contribution in [0, 0.1) is 0 Å². The smallest absolute Gasteiger partial charge is 0.171 e. The van der Waals surface area contributed by atoms with Gasteiger partial charge >= 0.3 is 0 Å². The van der Waals surface area contributed by atoms with Gasteiger partial charge in [-0.2, -0.15) is 5.10 Å². The number of carbonyl (C=O) groups excluding carboxylic acids is 1. The molecule has 0 aliphatic carbocycles. The van der Waals surface area contributed by atoms with Crippen molar-refractivity contribution in [3.05, 3.63) is 102 Å². The van der Waals surface area contributed by atoms with Gasteiger partial charge in [-0.1, -0.05) is 36.4 Å². The Hall–Kier alpha value is -3.73. The lowest BCUT2D eigenvalue weighted by molar-refractivity contribution is 0.0988. The van der Waals surface area contributed by atoms with Crippen molar-refractivity contribution >= 4 is 5.78 Å². The number of ether oxygens (including phenoxy) is 1. The second-order valence-corrected chi connectivity index (χ2v) is 6.43. The summed E-state index contributed by atoms with van der Waals surface area (Å²) >= 11 is 0. The van der Waals surface area contributed by atoms with Crippen LogP contribution in [0.1, 0.15) is 21.5 Å². The number of aromatic nitrogens is 3. The number of hydrogen-bond donors (Lipinski definition) is 1. The van der Waals surface area contributed by atoms with Crippen molar-refractivity contribution < 1.29 is 9.53 Å². The summed E-state index contributed by atoms with van der Waals surface area (Å²) in [7, 11) is 0. The molecule has 0 radical (unpaired) electrons. The van der Waals surface area contributed by atoms with Gasteiger partial charge in [0.25, 0.3) is 0 Å². The molecule has 2 heterocycles. The summed E-state index contributed by atoms with van der Waals surface area (Å²) in [4.78, 5) is 17.1. The maximum atomic E-state index is 13.0. The van der Waals surface area contributed by atoms with Crippen molar-refractivity contribution in [2.45, 2.75) is 13.0 Å². The van der Waals surface area contributed by atoms with Gasteiger partial charge in [0.15, 0.2) is 5.78 Å². The Morgan fingerprint density at radius 2 is 1.75 bits per heavy atom. The Labute approximate surface area is 163 Å². The number of H-pyrrole nitrogens is 1. The van der Waals surface area contributed by atoms with Crippen molar-refractivity contribution in [1.29, 1.82) is 0 Å². The molecule has 1 N–H and O–H groups in total. The summed E-state index contributed by atoms with van der Waals surface area (Å²) in [5.41, 5.74) is 4.40. The van der Waals surface area contributed by atoms with Crippen LogP contribution in [-0.2, 0) is 13.0 Å². The first-order chi connectivity index (χ1) is 13.8. The average Bonchev–Trinajstić information content (AvgIpc) is 3.26. The SMILES string of the molecule is O=C(Cc1cn[nH]c1)c1cc(-c2ccncc2)ccc1OCc1ccccc1. The lowest BCUT2D eigenvalue weighted by atomic mass is 9.98. The number of nitrogens with one attached hydrogen (secondary N) is 1. The first kappa shape index (κ1) is 17.7. The predicted molar refractivity (Wildman–Crippen MR) is 107 cm³/mol. The van der Waals surface area contributed by atoms with Crippen LogP contribution in [-0.4, -0.2) is 21.0 Å². The topological polar surface area (TPSA) is 67.9 Å². The second kappa shape index (κ2) is 8.31. The number of nitrogens with zero attached hydrogens (tertiary/aromatic N) is 2. The number of carbonyl (C=O) groups is 1. The minimum Gasteiger partial charge on any atom is -0.488 e.